The summed E-state index contributed by atoms with van der Waals surface area (Å²) in [5, 5.41) is 0. The maximum absolute atomic E-state index is 2.70. The van der Waals surface area contributed by atoms with E-state index in [9.17, 15) is 0 Å². The van der Waals surface area contributed by atoms with Crippen LogP contribution in [0.15, 0.2) is 0 Å². The second kappa shape index (κ2) is 4.45. The lowest BCUT2D eigenvalue weighted by molar-refractivity contribution is -0.00899. The van der Waals surface area contributed by atoms with E-state index in [4.69, 9.17) is 0 Å². The molecular weight excluding hydrogens is 182 g/mol. The maximum Gasteiger partial charge on any atom is 0.000692 e. The number of hydrogen-bond acceptors (Lipinski definition) is 1. The average molecular weight is 209 g/mol. The van der Waals surface area contributed by atoms with E-state index < -0.39 is 0 Å². The Morgan fingerprint density at radius 1 is 1.27 bits per heavy atom. The van der Waals surface area contributed by atoms with Crippen molar-refractivity contribution >= 4 is 0 Å². The Hall–Kier alpha value is -0.0400. The van der Waals surface area contributed by atoms with E-state index in [0.717, 1.165) is 17.3 Å². The minimum atomic E-state index is 0.797. The van der Waals surface area contributed by atoms with Crippen molar-refractivity contribution in [3.63, 3.8) is 0 Å². The lowest BCUT2D eigenvalue weighted by Gasteiger charge is -2.51. The second-order valence-corrected chi connectivity index (χ2v) is 6.33. The quantitative estimate of drug-likeness (QED) is 0.687. The van der Waals surface area contributed by atoms with Crippen LogP contribution in [0.2, 0.25) is 0 Å². The Morgan fingerprint density at radius 2 is 1.87 bits per heavy atom. The monoisotopic (exact) mass is 209 g/mol. The van der Waals surface area contributed by atoms with Gasteiger partial charge in [-0.15, -0.1) is 0 Å². The van der Waals surface area contributed by atoms with Gasteiger partial charge in [0.15, 0.2) is 0 Å². The van der Waals surface area contributed by atoms with Gasteiger partial charge in [-0.1, -0.05) is 27.2 Å². The highest BCUT2D eigenvalue weighted by molar-refractivity contribution is 4.95. The molecule has 0 aromatic carbocycles. The fourth-order valence-electron chi connectivity index (χ4n) is 3.61. The fraction of sp³-hybridized carbons (Fsp3) is 1.00. The molecule has 2 fully saturated rings. The minimum Gasteiger partial charge on any atom is -0.303 e. The molecule has 2 aliphatic rings. The first-order valence-electron chi connectivity index (χ1n) is 6.86. The number of hydrogen-bond donors (Lipinski definition) is 0. The summed E-state index contributed by atoms with van der Waals surface area (Å²) in [5.74, 6) is 1.91. The molecule has 1 aliphatic carbocycles. The zero-order valence-corrected chi connectivity index (χ0v) is 10.8. The van der Waals surface area contributed by atoms with Crippen molar-refractivity contribution in [1.82, 2.24) is 4.90 Å². The Bertz CT molecular complexity index is 195. The third-order valence-corrected chi connectivity index (χ3v) is 4.75. The third-order valence-electron chi connectivity index (χ3n) is 4.75. The van der Waals surface area contributed by atoms with E-state index in [0.29, 0.717) is 0 Å². The smallest absolute Gasteiger partial charge is 0.000692 e. The fourth-order valence-corrected chi connectivity index (χ4v) is 3.61. The standard InChI is InChI=1S/C14H27N/c1-4-12(2)11-15-7-5-14(6-8-15)9-13(3)10-14/h12-13H,4-11H2,1-3H3. The van der Waals surface area contributed by atoms with Gasteiger partial charge in [-0.25, -0.2) is 0 Å². The van der Waals surface area contributed by atoms with Crippen LogP contribution in [0.1, 0.15) is 52.9 Å². The van der Waals surface area contributed by atoms with Crippen molar-refractivity contribution < 1.29 is 0 Å². The Morgan fingerprint density at radius 3 is 2.33 bits per heavy atom. The van der Waals surface area contributed by atoms with Gasteiger partial charge in [0.2, 0.25) is 0 Å². The first-order chi connectivity index (χ1) is 7.13. The lowest BCUT2D eigenvalue weighted by atomic mass is 9.58. The van der Waals surface area contributed by atoms with E-state index in [1.807, 2.05) is 0 Å². The van der Waals surface area contributed by atoms with Crippen molar-refractivity contribution in [2.45, 2.75) is 52.9 Å². The Kier molecular flexibility index (Phi) is 3.39. The molecule has 0 aromatic heterocycles. The summed E-state index contributed by atoms with van der Waals surface area (Å²) in [5.41, 5.74) is 0.797. The van der Waals surface area contributed by atoms with E-state index >= 15 is 0 Å². The van der Waals surface area contributed by atoms with Crippen LogP contribution in [0.5, 0.6) is 0 Å². The lowest BCUT2D eigenvalue weighted by Crippen LogP contribution is -2.47. The van der Waals surface area contributed by atoms with E-state index in [-0.39, 0.29) is 0 Å². The van der Waals surface area contributed by atoms with Crippen LogP contribution in [0.3, 0.4) is 0 Å². The summed E-state index contributed by atoms with van der Waals surface area (Å²) in [6.45, 7) is 11.2. The van der Waals surface area contributed by atoms with Crippen LogP contribution in [0.25, 0.3) is 0 Å². The first-order valence-corrected chi connectivity index (χ1v) is 6.86. The molecule has 0 aromatic rings. The summed E-state index contributed by atoms with van der Waals surface area (Å²) in [6, 6.07) is 0. The van der Waals surface area contributed by atoms with Gasteiger partial charge >= 0.3 is 0 Å². The van der Waals surface area contributed by atoms with Gasteiger partial charge < -0.3 is 4.90 Å². The maximum atomic E-state index is 2.70. The Balaban J connectivity index is 1.73. The molecule has 1 aliphatic heterocycles. The molecule has 0 radical (unpaired) electrons. The molecule has 0 N–H and O–H groups in total. The number of rotatable bonds is 3. The van der Waals surface area contributed by atoms with E-state index in [2.05, 4.69) is 25.7 Å². The predicted molar refractivity (Wildman–Crippen MR) is 66.0 cm³/mol. The van der Waals surface area contributed by atoms with Gasteiger partial charge in [-0.3, -0.25) is 0 Å². The van der Waals surface area contributed by atoms with E-state index in [1.165, 1.54) is 51.7 Å². The molecule has 1 heterocycles. The summed E-state index contributed by atoms with van der Waals surface area (Å²) < 4.78 is 0. The molecule has 1 atom stereocenters. The van der Waals surface area contributed by atoms with Crippen LogP contribution in [-0.4, -0.2) is 24.5 Å². The normalized spacial score (nSPS) is 29.0. The summed E-state index contributed by atoms with van der Waals surface area (Å²) >= 11 is 0. The predicted octanol–water partition coefficient (Wildman–Crippen LogP) is 3.54. The average Bonchev–Trinajstić information content (AvgIpc) is 2.19. The molecule has 1 nitrogen and oxygen atoms in total. The van der Waals surface area contributed by atoms with Crippen LogP contribution >= 0.6 is 0 Å². The van der Waals surface area contributed by atoms with Crippen molar-refractivity contribution in [3.8, 4) is 0 Å². The minimum absolute atomic E-state index is 0.797. The largest absolute Gasteiger partial charge is 0.303 e. The summed E-state index contributed by atoms with van der Waals surface area (Å²) in [4.78, 5) is 2.70. The van der Waals surface area contributed by atoms with Gasteiger partial charge in [-0.05, 0) is 56.0 Å². The summed E-state index contributed by atoms with van der Waals surface area (Å²) in [6.07, 6.45) is 7.33. The van der Waals surface area contributed by atoms with Crippen LogP contribution in [-0.2, 0) is 0 Å². The van der Waals surface area contributed by atoms with Gasteiger partial charge in [0.25, 0.3) is 0 Å². The zero-order chi connectivity index (χ0) is 10.9. The second-order valence-electron chi connectivity index (χ2n) is 6.33. The molecule has 1 saturated heterocycles. The van der Waals surface area contributed by atoms with Crippen LogP contribution < -0.4 is 0 Å². The van der Waals surface area contributed by atoms with E-state index in [1.54, 1.807) is 0 Å². The van der Waals surface area contributed by atoms with Crippen LogP contribution in [0, 0.1) is 17.3 Å². The molecule has 1 heteroatoms. The molecule has 1 saturated carbocycles. The molecule has 0 amide bonds. The molecule has 0 bridgehead atoms. The third kappa shape index (κ3) is 2.55. The zero-order valence-electron chi connectivity index (χ0n) is 10.8. The molecule has 2 rings (SSSR count). The van der Waals surface area contributed by atoms with Crippen molar-refractivity contribution in [2.24, 2.45) is 17.3 Å². The number of likely N-dealkylation sites (tertiary alicyclic amines) is 1. The van der Waals surface area contributed by atoms with Gasteiger partial charge in [0, 0.05) is 6.54 Å². The van der Waals surface area contributed by atoms with Crippen molar-refractivity contribution in [2.75, 3.05) is 19.6 Å². The number of piperidine rings is 1. The Labute approximate surface area is 95.2 Å². The molecule has 1 unspecified atom stereocenters. The highest BCUT2D eigenvalue weighted by Gasteiger charge is 2.43. The van der Waals surface area contributed by atoms with Crippen LogP contribution in [0.4, 0.5) is 0 Å². The summed E-state index contributed by atoms with van der Waals surface area (Å²) in [7, 11) is 0. The highest BCUT2D eigenvalue weighted by atomic mass is 15.1. The molecular formula is C14H27N. The SMILES string of the molecule is CCC(C)CN1CCC2(CC1)CC(C)C2. The number of nitrogens with zero attached hydrogens (tertiary/aromatic N) is 1. The van der Waals surface area contributed by atoms with Crippen molar-refractivity contribution in [3.05, 3.63) is 0 Å². The molecule has 1 spiro atoms. The molecule has 88 valence electrons. The first kappa shape index (κ1) is 11.4. The van der Waals surface area contributed by atoms with Crippen molar-refractivity contribution in [1.29, 1.82) is 0 Å². The van der Waals surface area contributed by atoms with Gasteiger partial charge in [0.1, 0.15) is 0 Å². The molecule has 15 heavy (non-hydrogen) atoms. The highest BCUT2D eigenvalue weighted by Crippen LogP contribution is 2.52. The van der Waals surface area contributed by atoms with Gasteiger partial charge in [-0.2, -0.15) is 0 Å². The van der Waals surface area contributed by atoms with Gasteiger partial charge in [0.05, 0.1) is 0 Å². The topological polar surface area (TPSA) is 3.24 Å².